The molecule has 0 radical (unpaired) electrons. The lowest BCUT2D eigenvalue weighted by atomic mass is 10.1. The number of hydrogen-bond donors (Lipinski definition) is 1. The van der Waals surface area contributed by atoms with Crippen LogP contribution >= 0.6 is 15.9 Å². The van der Waals surface area contributed by atoms with Crippen molar-refractivity contribution in [2.24, 2.45) is 0 Å². The second-order valence-corrected chi connectivity index (χ2v) is 4.80. The van der Waals surface area contributed by atoms with Gasteiger partial charge in [0.05, 0.1) is 11.1 Å². The van der Waals surface area contributed by atoms with Crippen LogP contribution in [0.4, 0.5) is 0 Å². The molecule has 18 heavy (non-hydrogen) atoms. The topological polar surface area (TPSA) is 42.0 Å². The van der Waals surface area contributed by atoms with Crippen molar-refractivity contribution in [1.29, 1.82) is 0 Å². The van der Waals surface area contributed by atoms with Gasteiger partial charge in [-0.1, -0.05) is 41.1 Å². The van der Waals surface area contributed by atoms with Crippen molar-refractivity contribution < 1.29 is 4.79 Å². The van der Waals surface area contributed by atoms with Crippen molar-refractivity contribution in [2.75, 3.05) is 5.33 Å². The summed E-state index contributed by atoms with van der Waals surface area (Å²) in [5.41, 5.74) is 1.51. The Bertz CT molecular complexity index is 552. The van der Waals surface area contributed by atoms with E-state index in [1.54, 1.807) is 6.20 Å². The van der Waals surface area contributed by atoms with Gasteiger partial charge in [-0.05, 0) is 18.6 Å². The summed E-state index contributed by atoms with van der Waals surface area (Å²) in [5, 5.41) is 4.72. The number of halogens is 1. The molecular formula is C14H15BrN2O. The van der Waals surface area contributed by atoms with Crippen LogP contribution < -0.4 is 5.32 Å². The van der Waals surface area contributed by atoms with Gasteiger partial charge in [0.2, 0.25) is 0 Å². The number of alkyl halides is 1. The second-order valence-electron chi connectivity index (χ2n) is 4.15. The first kappa shape index (κ1) is 13.0. The van der Waals surface area contributed by atoms with Gasteiger partial charge in [-0.25, -0.2) is 0 Å². The minimum atomic E-state index is -0.0699. The zero-order chi connectivity index (χ0) is 13.0. The lowest BCUT2D eigenvalue weighted by Crippen LogP contribution is -2.35. The van der Waals surface area contributed by atoms with Crippen LogP contribution in [0.25, 0.3) is 10.9 Å². The Balaban J connectivity index is 2.22. The number of carbonyl (C=O) groups excluding carboxylic acids is 1. The number of fused-ring (bicyclic) bond motifs is 1. The summed E-state index contributed by atoms with van der Waals surface area (Å²) in [5.74, 6) is -0.0699. The third kappa shape index (κ3) is 2.88. The molecule has 0 spiro atoms. The summed E-state index contributed by atoms with van der Waals surface area (Å²) < 4.78 is 0. The standard InChI is InChI=1S/C14H15BrN2O/c1-2-12(8-15)17-14(18)11-7-10-5-3-4-6-13(10)16-9-11/h3-7,9,12H,2,8H2,1H3,(H,17,18). The first-order chi connectivity index (χ1) is 8.74. The van der Waals surface area contributed by atoms with Crippen LogP contribution in [0.3, 0.4) is 0 Å². The molecule has 1 amide bonds. The van der Waals surface area contributed by atoms with Crippen LogP contribution in [-0.4, -0.2) is 22.3 Å². The molecule has 1 aromatic carbocycles. The van der Waals surface area contributed by atoms with Crippen molar-refractivity contribution in [2.45, 2.75) is 19.4 Å². The molecular weight excluding hydrogens is 292 g/mol. The highest BCUT2D eigenvalue weighted by Crippen LogP contribution is 2.12. The van der Waals surface area contributed by atoms with E-state index in [2.05, 4.69) is 26.2 Å². The number of hydrogen-bond acceptors (Lipinski definition) is 2. The summed E-state index contributed by atoms with van der Waals surface area (Å²) in [4.78, 5) is 16.3. The fraction of sp³-hybridized carbons (Fsp3) is 0.286. The Morgan fingerprint density at radius 3 is 2.94 bits per heavy atom. The largest absolute Gasteiger partial charge is 0.348 e. The summed E-state index contributed by atoms with van der Waals surface area (Å²) in [6.07, 6.45) is 2.52. The lowest BCUT2D eigenvalue weighted by molar-refractivity contribution is 0.0940. The van der Waals surface area contributed by atoms with Crippen molar-refractivity contribution in [3.63, 3.8) is 0 Å². The Labute approximate surface area is 115 Å². The maximum absolute atomic E-state index is 12.0. The molecule has 1 atom stereocenters. The predicted octanol–water partition coefficient (Wildman–Crippen LogP) is 3.14. The summed E-state index contributed by atoms with van der Waals surface area (Å²) in [6, 6.07) is 9.81. The maximum atomic E-state index is 12.0. The molecule has 3 nitrogen and oxygen atoms in total. The number of aromatic nitrogens is 1. The Kier molecular flexibility index (Phi) is 4.31. The van der Waals surface area contributed by atoms with Crippen molar-refractivity contribution in [1.82, 2.24) is 10.3 Å². The molecule has 0 bridgehead atoms. The highest BCUT2D eigenvalue weighted by Gasteiger charge is 2.11. The van der Waals surface area contributed by atoms with Gasteiger partial charge in [0, 0.05) is 23.0 Å². The Hall–Kier alpha value is -1.42. The number of para-hydroxylation sites is 1. The number of amides is 1. The number of benzene rings is 1. The quantitative estimate of drug-likeness (QED) is 0.882. The van der Waals surface area contributed by atoms with E-state index in [0.29, 0.717) is 5.56 Å². The van der Waals surface area contributed by atoms with E-state index in [-0.39, 0.29) is 11.9 Å². The second kappa shape index (κ2) is 5.96. The van der Waals surface area contributed by atoms with Gasteiger partial charge >= 0.3 is 0 Å². The SMILES string of the molecule is CCC(CBr)NC(=O)c1cnc2ccccc2c1. The zero-order valence-electron chi connectivity index (χ0n) is 10.2. The molecule has 0 aliphatic rings. The smallest absolute Gasteiger partial charge is 0.253 e. The molecule has 4 heteroatoms. The summed E-state index contributed by atoms with van der Waals surface area (Å²) in [6.45, 7) is 2.05. The van der Waals surface area contributed by atoms with Gasteiger partial charge < -0.3 is 5.32 Å². The van der Waals surface area contributed by atoms with E-state index in [4.69, 9.17) is 0 Å². The van der Waals surface area contributed by atoms with Crippen LogP contribution in [0, 0.1) is 0 Å². The molecule has 0 aliphatic heterocycles. The average molecular weight is 307 g/mol. The van der Waals surface area contributed by atoms with Crippen LogP contribution in [-0.2, 0) is 0 Å². The molecule has 2 aromatic rings. The first-order valence-electron chi connectivity index (χ1n) is 5.96. The van der Waals surface area contributed by atoms with E-state index in [0.717, 1.165) is 22.7 Å². The third-order valence-electron chi connectivity index (χ3n) is 2.87. The zero-order valence-corrected chi connectivity index (χ0v) is 11.8. The highest BCUT2D eigenvalue weighted by molar-refractivity contribution is 9.09. The van der Waals surface area contributed by atoms with Gasteiger partial charge in [-0.3, -0.25) is 9.78 Å². The highest BCUT2D eigenvalue weighted by atomic mass is 79.9. The van der Waals surface area contributed by atoms with Crippen molar-refractivity contribution in [3.05, 3.63) is 42.1 Å². The minimum absolute atomic E-state index is 0.0699. The van der Waals surface area contributed by atoms with E-state index in [1.807, 2.05) is 37.3 Å². The van der Waals surface area contributed by atoms with E-state index < -0.39 is 0 Å². The fourth-order valence-electron chi connectivity index (χ4n) is 1.71. The molecule has 94 valence electrons. The van der Waals surface area contributed by atoms with Crippen LogP contribution in [0.5, 0.6) is 0 Å². The van der Waals surface area contributed by atoms with Crippen LogP contribution in [0.2, 0.25) is 0 Å². The molecule has 1 unspecified atom stereocenters. The lowest BCUT2D eigenvalue weighted by Gasteiger charge is -2.13. The number of nitrogens with one attached hydrogen (secondary N) is 1. The molecule has 0 aliphatic carbocycles. The van der Waals surface area contributed by atoms with E-state index in [1.165, 1.54) is 0 Å². The number of rotatable bonds is 4. The van der Waals surface area contributed by atoms with Crippen LogP contribution in [0.1, 0.15) is 23.7 Å². The number of carbonyl (C=O) groups is 1. The molecule has 0 saturated carbocycles. The van der Waals surface area contributed by atoms with Gasteiger partial charge in [-0.15, -0.1) is 0 Å². The number of pyridine rings is 1. The van der Waals surface area contributed by atoms with Gasteiger partial charge in [0.1, 0.15) is 0 Å². The van der Waals surface area contributed by atoms with Crippen molar-refractivity contribution in [3.8, 4) is 0 Å². The van der Waals surface area contributed by atoms with E-state index >= 15 is 0 Å². The maximum Gasteiger partial charge on any atom is 0.253 e. The average Bonchev–Trinajstić information content (AvgIpc) is 2.44. The predicted molar refractivity (Wildman–Crippen MR) is 77.1 cm³/mol. The van der Waals surface area contributed by atoms with Crippen molar-refractivity contribution >= 4 is 32.7 Å². The normalized spacial score (nSPS) is 12.3. The summed E-state index contributed by atoms with van der Waals surface area (Å²) in [7, 11) is 0. The minimum Gasteiger partial charge on any atom is -0.348 e. The third-order valence-corrected chi connectivity index (χ3v) is 3.65. The Morgan fingerprint density at radius 1 is 1.44 bits per heavy atom. The molecule has 0 fully saturated rings. The van der Waals surface area contributed by atoms with Gasteiger partial charge in [0.15, 0.2) is 0 Å². The summed E-state index contributed by atoms with van der Waals surface area (Å²) >= 11 is 3.39. The number of nitrogens with zero attached hydrogens (tertiary/aromatic N) is 1. The van der Waals surface area contributed by atoms with Gasteiger partial charge in [-0.2, -0.15) is 0 Å². The van der Waals surface area contributed by atoms with Gasteiger partial charge in [0.25, 0.3) is 5.91 Å². The molecule has 1 N–H and O–H groups in total. The fourth-order valence-corrected chi connectivity index (χ4v) is 2.33. The molecule has 0 saturated heterocycles. The molecule has 2 rings (SSSR count). The van der Waals surface area contributed by atoms with Crippen LogP contribution in [0.15, 0.2) is 36.5 Å². The molecule has 1 aromatic heterocycles. The molecule has 1 heterocycles. The monoisotopic (exact) mass is 306 g/mol. The van der Waals surface area contributed by atoms with E-state index in [9.17, 15) is 4.79 Å². The first-order valence-corrected chi connectivity index (χ1v) is 7.08. The Morgan fingerprint density at radius 2 is 2.22 bits per heavy atom.